The summed E-state index contributed by atoms with van der Waals surface area (Å²) in [5.74, 6) is 1.18. The lowest BCUT2D eigenvalue weighted by Gasteiger charge is -1.96. The van der Waals surface area contributed by atoms with E-state index in [1.165, 1.54) is 0 Å². The summed E-state index contributed by atoms with van der Waals surface area (Å²) in [7, 11) is 0. The number of anilines is 1. The van der Waals surface area contributed by atoms with Crippen LogP contribution in [0.25, 0.3) is 11.5 Å². The second-order valence-corrected chi connectivity index (χ2v) is 4.37. The maximum atomic E-state index is 9.23. The van der Waals surface area contributed by atoms with E-state index in [1.54, 1.807) is 30.6 Å². The summed E-state index contributed by atoms with van der Waals surface area (Å²) < 4.78 is 5.20. The van der Waals surface area contributed by atoms with Crippen LogP contribution in [0.4, 0.5) is 5.69 Å². The third-order valence-electron chi connectivity index (χ3n) is 2.77. The van der Waals surface area contributed by atoms with Gasteiger partial charge in [-0.3, -0.25) is 4.98 Å². The first-order valence-corrected chi connectivity index (χ1v) is 6.02. The first-order chi connectivity index (χ1) is 9.70. The number of pyridine rings is 1. The maximum absolute atomic E-state index is 9.23. The highest BCUT2D eigenvalue weighted by Crippen LogP contribution is 2.19. The van der Waals surface area contributed by atoms with Crippen molar-refractivity contribution in [2.24, 2.45) is 0 Å². The Labute approximate surface area is 114 Å². The fourth-order valence-corrected chi connectivity index (χ4v) is 1.81. The third kappa shape index (κ3) is 2.59. The molecule has 0 saturated heterocycles. The molecule has 0 saturated carbocycles. The van der Waals surface area contributed by atoms with E-state index in [4.69, 9.17) is 10.3 Å². The average molecular weight is 268 g/mol. The standard InChI is InChI=1S/C14H12N4O2/c15-11-6-10(7-16-8-11)14-17-13(18-20-14)5-9-1-3-12(19)4-2-9/h1-4,6-8,19H,5,15H2. The highest BCUT2D eigenvalue weighted by atomic mass is 16.5. The summed E-state index contributed by atoms with van der Waals surface area (Å²) in [6.45, 7) is 0. The van der Waals surface area contributed by atoms with Crippen LogP contribution in [0.5, 0.6) is 5.75 Å². The predicted molar refractivity (Wildman–Crippen MR) is 72.9 cm³/mol. The van der Waals surface area contributed by atoms with E-state index < -0.39 is 0 Å². The number of phenolic OH excluding ortho intramolecular Hbond substituents is 1. The molecule has 0 bridgehead atoms. The van der Waals surface area contributed by atoms with Gasteiger partial charge in [-0.25, -0.2) is 0 Å². The molecule has 0 aliphatic rings. The van der Waals surface area contributed by atoms with E-state index in [1.807, 2.05) is 12.1 Å². The Balaban J connectivity index is 1.82. The molecule has 3 rings (SSSR count). The predicted octanol–water partition coefficient (Wildman–Crippen LogP) is 2.01. The number of hydrogen-bond acceptors (Lipinski definition) is 6. The first kappa shape index (κ1) is 12.2. The van der Waals surface area contributed by atoms with E-state index in [2.05, 4.69) is 15.1 Å². The van der Waals surface area contributed by atoms with Gasteiger partial charge in [-0.15, -0.1) is 0 Å². The minimum Gasteiger partial charge on any atom is -0.508 e. The van der Waals surface area contributed by atoms with Gasteiger partial charge >= 0.3 is 0 Å². The topological polar surface area (TPSA) is 98.1 Å². The van der Waals surface area contributed by atoms with Crippen molar-refractivity contribution in [3.05, 3.63) is 54.1 Å². The molecule has 0 radical (unpaired) electrons. The lowest BCUT2D eigenvalue weighted by atomic mass is 10.1. The van der Waals surface area contributed by atoms with Crippen molar-refractivity contribution >= 4 is 5.69 Å². The van der Waals surface area contributed by atoms with Crippen LogP contribution < -0.4 is 5.73 Å². The number of phenols is 1. The van der Waals surface area contributed by atoms with E-state index >= 15 is 0 Å². The number of rotatable bonds is 3. The van der Waals surface area contributed by atoms with Gasteiger partial charge in [0.15, 0.2) is 5.82 Å². The smallest absolute Gasteiger partial charge is 0.259 e. The molecule has 3 N–H and O–H groups in total. The van der Waals surface area contributed by atoms with Crippen molar-refractivity contribution in [3.63, 3.8) is 0 Å². The molecule has 0 spiro atoms. The van der Waals surface area contributed by atoms with E-state index in [0.29, 0.717) is 29.4 Å². The fraction of sp³-hybridized carbons (Fsp3) is 0.0714. The average Bonchev–Trinajstić information content (AvgIpc) is 2.90. The monoisotopic (exact) mass is 268 g/mol. The molecule has 2 heterocycles. The number of hydrogen-bond donors (Lipinski definition) is 2. The normalized spacial score (nSPS) is 10.6. The van der Waals surface area contributed by atoms with Gasteiger partial charge in [0.2, 0.25) is 0 Å². The molecule has 0 aliphatic heterocycles. The second-order valence-electron chi connectivity index (χ2n) is 4.37. The van der Waals surface area contributed by atoms with Gasteiger partial charge < -0.3 is 15.4 Å². The Morgan fingerprint density at radius 3 is 2.70 bits per heavy atom. The number of nitrogens with zero attached hydrogens (tertiary/aromatic N) is 3. The van der Waals surface area contributed by atoms with Gasteiger partial charge in [-0.1, -0.05) is 17.3 Å². The molecule has 0 aliphatic carbocycles. The second kappa shape index (κ2) is 5.00. The molecule has 0 amide bonds. The van der Waals surface area contributed by atoms with Gasteiger partial charge in [0.25, 0.3) is 5.89 Å². The van der Waals surface area contributed by atoms with Crippen LogP contribution in [-0.4, -0.2) is 20.2 Å². The molecular formula is C14H12N4O2. The van der Waals surface area contributed by atoms with Gasteiger partial charge in [0.05, 0.1) is 11.3 Å². The summed E-state index contributed by atoms with van der Waals surface area (Å²) in [4.78, 5) is 8.29. The summed E-state index contributed by atoms with van der Waals surface area (Å²) >= 11 is 0. The highest BCUT2D eigenvalue weighted by Gasteiger charge is 2.10. The maximum Gasteiger partial charge on any atom is 0.259 e. The lowest BCUT2D eigenvalue weighted by Crippen LogP contribution is -1.91. The van der Waals surface area contributed by atoms with Crippen LogP contribution in [0, 0.1) is 0 Å². The highest BCUT2D eigenvalue weighted by molar-refractivity contribution is 5.57. The zero-order valence-electron chi connectivity index (χ0n) is 10.5. The van der Waals surface area contributed by atoms with Gasteiger partial charge in [0.1, 0.15) is 5.75 Å². The summed E-state index contributed by atoms with van der Waals surface area (Å²) in [5.41, 5.74) is 7.88. The van der Waals surface area contributed by atoms with Crippen LogP contribution in [0.2, 0.25) is 0 Å². The largest absolute Gasteiger partial charge is 0.508 e. The molecule has 0 fully saturated rings. The molecule has 6 heteroatoms. The third-order valence-corrected chi connectivity index (χ3v) is 2.77. The van der Waals surface area contributed by atoms with Crippen molar-refractivity contribution in [1.29, 1.82) is 0 Å². The molecular weight excluding hydrogens is 256 g/mol. The molecule has 0 atom stereocenters. The van der Waals surface area contributed by atoms with Gasteiger partial charge in [-0.05, 0) is 23.8 Å². The minimum atomic E-state index is 0.230. The van der Waals surface area contributed by atoms with E-state index in [-0.39, 0.29) is 5.75 Å². The van der Waals surface area contributed by atoms with Crippen molar-refractivity contribution in [2.75, 3.05) is 5.73 Å². The van der Waals surface area contributed by atoms with Crippen molar-refractivity contribution in [2.45, 2.75) is 6.42 Å². The molecule has 1 aromatic carbocycles. The van der Waals surface area contributed by atoms with Gasteiger partial charge in [-0.2, -0.15) is 4.98 Å². The molecule has 20 heavy (non-hydrogen) atoms. The Morgan fingerprint density at radius 1 is 1.15 bits per heavy atom. The Hall–Kier alpha value is -2.89. The SMILES string of the molecule is Nc1cncc(-c2nc(Cc3ccc(O)cc3)no2)c1. The number of nitrogen functional groups attached to an aromatic ring is 1. The zero-order valence-corrected chi connectivity index (χ0v) is 10.5. The van der Waals surface area contributed by atoms with Crippen LogP contribution in [-0.2, 0) is 6.42 Å². The van der Waals surface area contributed by atoms with Crippen LogP contribution >= 0.6 is 0 Å². The zero-order chi connectivity index (χ0) is 13.9. The number of nitrogens with two attached hydrogens (primary N) is 1. The fourth-order valence-electron chi connectivity index (χ4n) is 1.81. The summed E-state index contributed by atoms with van der Waals surface area (Å²) in [6, 6.07) is 8.60. The first-order valence-electron chi connectivity index (χ1n) is 6.02. The number of benzene rings is 1. The summed E-state index contributed by atoms with van der Waals surface area (Å²) in [5, 5.41) is 13.2. The Kier molecular flexibility index (Phi) is 3.04. The van der Waals surface area contributed by atoms with Crippen LogP contribution in [0.3, 0.4) is 0 Å². The minimum absolute atomic E-state index is 0.230. The number of aromatic hydroxyl groups is 1. The van der Waals surface area contributed by atoms with E-state index in [9.17, 15) is 5.11 Å². The molecule has 3 aromatic rings. The molecule has 0 unspecified atom stereocenters. The van der Waals surface area contributed by atoms with E-state index in [0.717, 1.165) is 5.56 Å². The Bertz CT molecular complexity index is 722. The molecule has 6 nitrogen and oxygen atoms in total. The van der Waals surface area contributed by atoms with Crippen molar-refractivity contribution < 1.29 is 9.63 Å². The summed E-state index contributed by atoms with van der Waals surface area (Å²) in [6.07, 6.45) is 3.70. The Morgan fingerprint density at radius 2 is 1.95 bits per heavy atom. The molecule has 100 valence electrons. The van der Waals surface area contributed by atoms with Crippen LogP contribution in [0.1, 0.15) is 11.4 Å². The van der Waals surface area contributed by atoms with Gasteiger partial charge in [0, 0.05) is 18.8 Å². The molecule has 2 aromatic heterocycles. The number of aromatic nitrogens is 3. The van der Waals surface area contributed by atoms with Crippen LogP contribution in [0.15, 0.2) is 47.2 Å². The lowest BCUT2D eigenvalue weighted by molar-refractivity contribution is 0.424. The van der Waals surface area contributed by atoms with Crippen molar-refractivity contribution in [3.8, 4) is 17.2 Å². The quantitative estimate of drug-likeness (QED) is 0.754. The van der Waals surface area contributed by atoms with Crippen molar-refractivity contribution in [1.82, 2.24) is 15.1 Å².